The number of hydrogen-bond acceptors (Lipinski definition) is 2. The molecule has 3 unspecified atom stereocenters. The first kappa shape index (κ1) is 12.1. The average molecular weight is 192 g/mol. The van der Waals surface area contributed by atoms with E-state index in [4.69, 9.17) is 0 Å². The van der Waals surface area contributed by atoms with Crippen molar-refractivity contribution in [2.45, 2.75) is 52.6 Å². The van der Waals surface area contributed by atoms with Crippen LogP contribution in [0.5, 0.6) is 0 Å². The molecule has 0 amide bonds. The van der Waals surface area contributed by atoms with E-state index in [2.05, 4.69) is 0 Å². The molecule has 0 radical (unpaired) electrons. The Morgan fingerprint density at radius 3 is 1.75 bits per heavy atom. The van der Waals surface area contributed by atoms with Crippen molar-refractivity contribution in [1.29, 1.82) is 0 Å². The molecule has 0 bridgehead atoms. The van der Waals surface area contributed by atoms with Crippen molar-refractivity contribution in [2.24, 2.45) is 0 Å². The summed E-state index contributed by atoms with van der Waals surface area (Å²) in [6, 6.07) is 0.219. The first-order valence-corrected chi connectivity index (χ1v) is 5.45. The zero-order valence-corrected chi connectivity index (χ0v) is 9.06. The Morgan fingerprint density at radius 2 is 1.58 bits per heavy atom. The van der Waals surface area contributed by atoms with Gasteiger partial charge < -0.3 is 4.55 Å². The standard InChI is InChI=1S/C8H19NO2S/c1-5-7(3)9(12(10)11)8(4)6-2/h7-8H,5-6H2,1-4H3,(H,10,11)/p-1. The number of nitrogens with zero attached hydrogens (tertiary/aromatic N) is 1. The summed E-state index contributed by atoms with van der Waals surface area (Å²) in [5.41, 5.74) is 0. The van der Waals surface area contributed by atoms with Gasteiger partial charge in [-0.05, 0) is 26.7 Å². The van der Waals surface area contributed by atoms with Gasteiger partial charge in [-0.15, -0.1) is 0 Å². The molecule has 0 aromatic rings. The minimum atomic E-state index is -2.08. The largest absolute Gasteiger partial charge is 0.760 e. The van der Waals surface area contributed by atoms with Gasteiger partial charge in [-0.25, -0.2) is 4.31 Å². The number of rotatable bonds is 5. The monoisotopic (exact) mass is 192 g/mol. The van der Waals surface area contributed by atoms with Crippen LogP contribution >= 0.6 is 0 Å². The summed E-state index contributed by atoms with van der Waals surface area (Å²) in [5, 5.41) is 0. The van der Waals surface area contributed by atoms with Crippen molar-refractivity contribution in [1.82, 2.24) is 4.31 Å². The van der Waals surface area contributed by atoms with Gasteiger partial charge in [0.25, 0.3) is 0 Å². The molecule has 0 aromatic carbocycles. The van der Waals surface area contributed by atoms with Gasteiger partial charge in [0.15, 0.2) is 0 Å². The van der Waals surface area contributed by atoms with Gasteiger partial charge in [0, 0.05) is 23.4 Å². The van der Waals surface area contributed by atoms with E-state index in [1.807, 2.05) is 27.7 Å². The third-order valence-electron chi connectivity index (χ3n) is 2.22. The van der Waals surface area contributed by atoms with E-state index in [-0.39, 0.29) is 12.1 Å². The van der Waals surface area contributed by atoms with Crippen molar-refractivity contribution in [3.63, 3.8) is 0 Å². The highest BCUT2D eigenvalue weighted by molar-refractivity contribution is 7.76. The predicted molar refractivity (Wildman–Crippen MR) is 50.3 cm³/mol. The van der Waals surface area contributed by atoms with Crippen LogP contribution in [0.2, 0.25) is 0 Å². The van der Waals surface area contributed by atoms with Crippen molar-refractivity contribution >= 4 is 11.3 Å². The summed E-state index contributed by atoms with van der Waals surface area (Å²) in [6.07, 6.45) is 1.72. The van der Waals surface area contributed by atoms with Gasteiger partial charge in [0.05, 0.1) is 0 Å². The zero-order valence-electron chi connectivity index (χ0n) is 8.24. The van der Waals surface area contributed by atoms with E-state index in [1.54, 1.807) is 0 Å². The summed E-state index contributed by atoms with van der Waals surface area (Å²) in [7, 11) is 0. The fraction of sp³-hybridized carbons (Fsp3) is 1.00. The first-order valence-electron chi connectivity index (χ1n) is 4.42. The Kier molecular flexibility index (Phi) is 5.70. The SMILES string of the molecule is CCC(C)N(C(C)CC)S(=O)[O-]. The van der Waals surface area contributed by atoms with Gasteiger partial charge in [0.2, 0.25) is 0 Å². The molecule has 0 aliphatic carbocycles. The molecule has 0 saturated carbocycles. The summed E-state index contributed by atoms with van der Waals surface area (Å²) in [5.74, 6) is 0. The second-order valence-corrected chi connectivity index (χ2v) is 3.95. The fourth-order valence-electron chi connectivity index (χ4n) is 1.09. The Morgan fingerprint density at radius 1 is 1.25 bits per heavy atom. The molecule has 0 aromatic heterocycles. The maximum absolute atomic E-state index is 10.8. The molecule has 12 heavy (non-hydrogen) atoms. The zero-order chi connectivity index (χ0) is 9.72. The summed E-state index contributed by atoms with van der Waals surface area (Å²) in [6.45, 7) is 7.85. The normalized spacial score (nSPS) is 19.2. The van der Waals surface area contributed by atoms with E-state index >= 15 is 0 Å². The second kappa shape index (κ2) is 5.67. The van der Waals surface area contributed by atoms with Crippen LogP contribution in [-0.2, 0) is 11.3 Å². The Hall–Kier alpha value is 0.0700. The minimum Gasteiger partial charge on any atom is -0.760 e. The molecule has 0 heterocycles. The van der Waals surface area contributed by atoms with E-state index < -0.39 is 11.3 Å². The van der Waals surface area contributed by atoms with Crippen molar-refractivity contribution in [3.05, 3.63) is 0 Å². The van der Waals surface area contributed by atoms with Crippen LogP contribution < -0.4 is 0 Å². The quantitative estimate of drug-likeness (QED) is 0.622. The molecular formula is C8H18NO2S-. The van der Waals surface area contributed by atoms with Gasteiger partial charge >= 0.3 is 0 Å². The minimum absolute atomic E-state index is 0.110. The van der Waals surface area contributed by atoms with E-state index in [1.165, 1.54) is 4.31 Å². The van der Waals surface area contributed by atoms with Gasteiger partial charge in [-0.3, -0.25) is 4.21 Å². The lowest BCUT2D eigenvalue weighted by Gasteiger charge is -2.34. The predicted octanol–water partition coefficient (Wildman–Crippen LogP) is 1.68. The molecule has 0 fully saturated rings. The third-order valence-corrected chi connectivity index (χ3v) is 3.29. The van der Waals surface area contributed by atoms with Gasteiger partial charge in [-0.2, -0.15) is 0 Å². The summed E-state index contributed by atoms with van der Waals surface area (Å²) >= 11 is -2.08. The van der Waals surface area contributed by atoms with Gasteiger partial charge in [-0.1, -0.05) is 13.8 Å². The Labute approximate surface area is 77.6 Å². The lowest BCUT2D eigenvalue weighted by Crippen LogP contribution is -2.40. The lowest BCUT2D eigenvalue weighted by molar-refractivity contribution is 0.254. The molecule has 0 rings (SSSR count). The summed E-state index contributed by atoms with van der Waals surface area (Å²) < 4.78 is 23.2. The molecule has 74 valence electrons. The maximum atomic E-state index is 10.8. The van der Waals surface area contributed by atoms with E-state index in [0.717, 1.165) is 12.8 Å². The van der Waals surface area contributed by atoms with Crippen molar-refractivity contribution in [3.8, 4) is 0 Å². The highest BCUT2D eigenvalue weighted by Crippen LogP contribution is 2.12. The molecular weight excluding hydrogens is 174 g/mol. The summed E-state index contributed by atoms with van der Waals surface area (Å²) in [4.78, 5) is 0. The van der Waals surface area contributed by atoms with E-state index in [0.29, 0.717) is 0 Å². The van der Waals surface area contributed by atoms with Crippen LogP contribution in [-0.4, -0.2) is 25.2 Å². The Balaban J connectivity index is 4.32. The van der Waals surface area contributed by atoms with Crippen LogP contribution in [0.1, 0.15) is 40.5 Å². The first-order chi connectivity index (χ1) is 5.54. The third kappa shape index (κ3) is 3.21. The number of hydrogen-bond donors (Lipinski definition) is 0. The van der Waals surface area contributed by atoms with Crippen LogP contribution in [0, 0.1) is 0 Å². The topological polar surface area (TPSA) is 43.4 Å². The van der Waals surface area contributed by atoms with Crippen LogP contribution in [0.15, 0.2) is 0 Å². The van der Waals surface area contributed by atoms with Crippen molar-refractivity contribution in [2.75, 3.05) is 0 Å². The molecule has 3 atom stereocenters. The van der Waals surface area contributed by atoms with Gasteiger partial charge in [0.1, 0.15) is 0 Å². The molecule has 0 N–H and O–H groups in total. The molecule has 3 nitrogen and oxygen atoms in total. The molecule has 0 spiro atoms. The molecule has 4 heteroatoms. The highest BCUT2D eigenvalue weighted by Gasteiger charge is 2.17. The Bertz CT molecular complexity index is 142. The second-order valence-electron chi connectivity index (χ2n) is 3.09. The molecule has 0 aliphatic rings. The smallest absolute Gasteiger partial charge is 0.0214 e. The van der Waals surface area contributed by atoms with E-state index in [9.17, 15) is 8.76 Å². The lowest BCUT2D eigenvalue weighted by atomic mass is 10.2. The van der Waals surface area contributed by atoms with Crippen molar-refractivity contribution < 1.29 is 8.76 Å². The fourth-order valence-corrected chi connectivity index (χ4v) is 1.97. The average Bonchev–Trinajstić information content (AvgIpc) is 2.03. The highest BCUT2D eigenvalue weighted by atomic mass is 32.2. The van der Waals surface area contributed by atoms with Crippen LogP contribution in [0.3, 0.4) is 0 Å². The molecule has 0 aliphatic heterocycles. The van der Waals surface area contributed by atoms with Crippen LogP contribution in [0.4, 0.5) is 0 Å². The van der Waals surface area contributed by atoms with Crippen LogP contribution in [0.25, 0.3) is 0 Å². The maximum Gasteiger partial charge on any atom is 0.0214 e. The molecule has 0 saturated heterocycles.